The topological polar surface area (TPSA) is 61.5 Å². The summed E-state index contributed by atoms with van der Waals surface area (Å²) in [4.78, 5) is 17.0. The van der Waals surface area contributed by atoms with E-state index in [1.54, 1.807) is 18.1 Å². The predicted octanol–water partition coefficient (Wildman–Crippen LogP) is 3.21. The highest BCUT2D eigenvalue weighted by Crippen LogP contribution is 2.24. The van der Waals surface area contributed by atoms with Crippen LogP contribution in [-0.4, -0.2) is 59.7 Å². The second kappa shape index (κ2) is 8.09. The van der Waals surface area contributed by atoms with Gasteiger partial charge in [0, 0.05) is 31.7 Å². The highest BCUT2D eigenvalue weighted by atomic mass is 16.5. The third kappa shape index (κ3) is 4.03. The van der Waals surface area contributed by atoms with E-state index in [0.29, 0.717) is 18.3 Å². The Labute approximate surface area is 171 Å². The van der Waals surface area contributed by atoms with Crippen LogP contribution in [0.4, 0.5) is 0 Å². The van der Waals surface area contributed by atoms with Gasteiger partial charge in [-0.15, -0.1) is 0 Å². The van der Waals surface area contributed by atoms with Gasteiger partial charge in [-0.1, -0.05) is 36.4 Å². The third-order valence-electron chi connectivity index (χ3n) is 5.62. The predicted molar refractivity (Wildman–Crippen MR) is 113 cm³/mol. The average Bonchev–Trinajstić information content (AvgIpc) is 3.24. The minimum atomic E-state index is -0.0566. The number of amides is 1. The van der Waals surface area contributed by atoms with E-state index in [-0.39, 0.29) is 5.91 Å². The first kappa shape index (κ1) is 19.2. The van der Waals surface area contributed by atoms with Gasteiger partial charge in [0.05, 0.1) is 12.8 Å². The maximum atomic E-state index is 12.9. The number of hydrogen-bond acceptors (Lipinski definition) is 4. The molecule has 1 aromatic heterocycles. The largest absolute Gasteiger partial charge is 0.497 e. The van der Waals surface area contributed by atoms with E-state index in [1.807, 2.05) is 31.3 Å². The summed E-state index contributed by atoms with van der Waals surface area (Å²) in [5, 5.41) is 7.21. The van der Waals surface area contributed by atoms with Gasteiger partial charge < -0.3 is 9.64 Å². The number of methoxy groups -OCH3 is 1. The number of ether oxygens (including phenoxy) is 1. The van der Waals surface area contributed by atoms with Gasteiger partial charge in [0.15, 0.2) is 0 Å². The van der Waals surface area contributed by atoms with Gasteiger partial charge in [-0.3, -0.25) is 14.8 Å². The van der Waals surface area contributed by atoms with Crippen LogP contribution in [0.3, 0.4) is 0 Å². The minimum Gasteiger partial charge on any atom is -0.497 e. The molecule has 4 rings (SSSR count). The van der Waals surface area contributed by atoms with Crippen LogP contribution < -0.4 is 4.74 Å². The number of hydrogen-bond donors (Lipinski definition) is 1. The highest BCUT2D eigenvalue weighted by Gasteiger charge is 2.26. The van der Waals surface area contributed by atoms with Crippen LogP contribution in [0.2, 0.25) is 0 Å². The van der Waals surface area contributed by atoms with E-state index in [0.717, 1.165) is 30.0 Å². The minimum absolute atomic E-state index is 0.0566. The van der Waals surface area contributed by atoms with Crippen molar-refractivity contribution in [3.05, 3.63) is 71.4 Å². The van der Waals surface area contributed by atoms with E-state index < -0.39 is 0 Å². The van der Waals surface area contributed by atoms with Crippen molar-refractivity contribution in [2.24, 2.45) is 0 Å². The van der Waals surface area contributed by atoms with Crippen molar-refractivity contribution in [3.63, 3.8) is 0 Å². The maximum absolute atomic E-state index is 12.9. The molecule has 0 spiro atoms. The van der Waals surface area contributed by atoms with Crippen molar-refractivity contribution in [2.75, 3.05) is 27.7 Å². The van der Waals surface area contributed by atoms with E-state index in [4.69, 9.17) is 4.74 Å². The molecule has 150 valence electrons. The van der Waals surface area contributed by atoms with Crippen LogP contribution in [0.25, 0.3) is 11.3 Å². The molecule has 0 bridgehead atoms. The van der Waals surface area contributed by atoms with Crippen molar-refractivity contribution in [1.29, 1.82) is 0 Å². The molecule has 0 radical (unpaired) electrons. The summed E-state index contributed by atoms with van der Waals surface area (Å²) < 4.78 is 5.27. The first-order chi connectivity index (χ1) is 14.0. The first-order valence-corrected chi connectivity index (χ1v) is 9.77. The molecule has 29 heavy (non-hydrogen) atoms. The second-order valence-electron chi connectivity index (χ2n) is 7.63. The lowest BCUT2D eigenvalue weighted by molar-refractivity contribution is 0.0728. The molecular formula is C23H26N4O2. The maximum Gasteiger partial charge on any atom is 0.271 e. The summed E-state index contributed by atoms with van der Waals surface area (Å²) in [7, 11) is 5.60. The Morgan fingerprint density at radius 3 is 2.79 bits per heavy atom. The molecule has 0 saturated heterocycles. The van der Waals surface area contributed by atoms with Crippen molar-refractivity contribution in [2.45, 2.75) is 19.0 Å². The number of carbonyl (C=O) groups excluding carboxylic acids is 1. The Kier molecular flexibility index (Phi) is 5.36. The van der Waals surface area contributed by atoms with Crippen LogP contribution in [0.5, 0.6) is 5.75 Å². The molecule has 1 amide bonds. The first-order valence-electron chi connectivity index (χ1n) is 9.77. The summed E-state index contributed by atoms with van der Waals surface area (Å²) in [5.41, 5.74) is 4.87. The number of benzene rings is 2. The number of fused-ring (bicyclic) bond motifs is 1. The summed E-state index contributed by atoms with van der Waals surface area (Å²) >= 11 is 0. The molecule has 2 heterocycles. The summed E-state index contributed by atoms with van der Waals surface area (Å²) in [6.45, 7) is 1.57. The van der Waals surface area contributed by atoms with Crippen LogP contribution in [0.15, 0.2) is 54.6 Å². The number of aromatic nitrogens is 2. The molecule has 6 nitrogen and oxygen atoms in total. The third-order valence-corrected chi connectivity index (χ3v) is 5.62. The summed E-state index contributed by atoms with van der Waals surface area (Å²) in [6, 6.07) is 18.3. The molecule has 0 fully saturated rings. The number of nitrogens with one attached hydrogen (secondary N) is 1. The monoisotopic (exact) mass is 390 g/mol. The van der Waals surface area contributed by atoms with Gasteiger partial charge in [0.2, 0.25) is 0 Å². The quantitative estimate of drug-likeness (QED) is 0.727. The van der Waals surface area contributed by atoms with Gasteiger partial charge in [0.1, 0.15) is 11.4 Å². The standard InChI is InChI=1S/C23H26N4O2/c1-26-14-18-8-5-4-7-16(18)11-19(26)15-27(2)23(28)22-13-21(24-25-22)17-9-6-10-20(12-17)29-3/h4-10,12-13,19H,11,14-15H2,1-3H3,(H,24,25)/t19-/m1/s1. The van der Waals surface area contributed by atoms with Gasteiger partial charge >= 0.3 is 0 Å². The molecular weight excluding hydrogens is 364 g/mol. The number of H-pyrrole nitrogens is 1. The van der Waals surface area contributed by atoms with Crippen molar-refractivity contribution < 1.29 is 9.53 Å². The van der Waals surface area contributed by atoms with E-state index in [2.05, 4.69) is 46.4 Å². The Morgan fingerprint density at radius 2 is 2.00 bits per heavy atom. The number of carbonyl (C=O) groups is 1. The number of nitrogens with zero attached hydrogens (tertiary/aromatic N) is 3. The Hall–Kier alpha value is -3.12. The van der Waals surface area contributed by atoms with Gasteiger partial charge in [-0.2, -0.15) is 5.10 Å². The van der Waals surface area contributed by atoms with Gasteiger partial charge in [-0.25, -0.2) is 0 Å². The van der Waals surface area contributed by atoms with Crippen LogP contribution >= 0.6 is 0 Å². The number of likely N-dealkylation sites (N-methyl/N-ethyl adjacent to an activating group) is 2. The Morgan fingerprint density at radius 1 is 1.21 bits per heavy atom. The van der Waals surface area contributed by atoms with E-state index in [9.17, 15) is 4.79 Å². The van der Waals surface area contributed by atoms with E-state index in [1.165, 1.54) is 11.1 Å². The zero-order chi connectivity index (χ0) is 20.4. The van der Waals surface area contributed by atoms with Crippen LogP contribution in [0, 0.1) is 0 Å². The average molecular weight is 390 g/mol. The lowest BCUT2D eigenvalue weighted by atomic mass is 9.94. The molecule has 6 heteroatoms. The number of rotatable bonds is 5. The fourth-order valence-corrected chi connectivity index (χ4v) is 3.89. The van der Waals surface area contributed by atoms with Crippen molar-refractivity contribution in [3.8, 4) is 17.0 Å². The molecule has 1 N–H and O–H groups in total. The smallest absolute Gasteiger partial charge is 0.271 e. The summed E-state index contributed by atoms with van der Waals surface area (Å²) in [6.07, 6.45) is 0.947. The fraction of sp³-hybridized carbons (Fsp3) is 0.304. The SMILES string of the molecule is COc1cccc(-c2cc(C(=O)N(C)C[C@H]3Cc4ccccc4CN3C)[nH]n2)c1. The van der Waals surface area contributed by atoms with Crippen molar-refractivity contribution >= 4 is 5.91 Å². The molecule has 3 aromatic rings. The second-order valence-corrected chi connectivity index (χ2v) is 7.63. The molecule has 0 saturated carbocycles. The van der Waals surface area contributed by atoms with E-state index >= 15 is 0 Å². The number of aromatic amines is 1. The lowest BCUT2D eigenvalue weighted by Gasteiger charge is -2.36. The Balaban J connectivity index is 1.45. The lowest BCUT2D eigenvalue weighted by Crippen LogP contribution is -2.46. The molecule has 1 atom stereocenters. The van der Waals surface area contributed by atoms with Crippen LogP contribution in [-0.2, 0) is 13.0 Å². The fourth-order valence-electron chi connectivity index (χ4n) is 3.89. The van der Waals surface area contributed by atoms with Crippen LogP contribution in [0.1, 0.15) is 21.6 Å². The summed E-state index contributed by atoms with van der Waals surface area (Å²) in [5.74, 6) is 0.704. The zero-order valence-corrected chi connectivity index (χ0v) is 17.1. The van der Waals surface area contributed by atoms with Gasteiger partial charge in [-0.05, 0) is 42.8 Å². The zero-order valence-electron chi connectivity index (χ0n) is 17.1. The molecule has 0 unspecified atom stereocenters. The Bertz CT molecular complexity index is 1010. The normalized spacial score (nSPS) is 16.3. The highest BCUT2D eigenvalue weighted by molar-refractivity contribution is 5.93. The molecule has 1 aliphatic rings. The molecule has 2 aromatic carbocycles. The van der Waals surface area contributed by atoms with Gasteiger partial charge in [0.25, 0.3) is 5.91 Å². The van der Waals surface area contributed by atoms with Crippen molar-refractivity contribution in [1.82, 2.24) is 20.0 Å². The molecule has 0 aliphatic carbocycles. The molecule has 1 aliphatic heterocycles.